The number of pyridine rings is 2. The third-order valence-electron chi connectivity index (χ3n) is 4.90. The predicted octanol–water partition coefficient (Wildman–Crippen LogP) is 1.000. The smallest absolute Gasteiger partial charge is 0.273 e. The fourth-order valence-electron chi connectivity index (χ4n) is 3.11. The molecule has 4 aromatic heterocycles. The molecule has 0 aliphatic rings. The van der Waals surface area contributed by atoms with Gasteiger partial charge in [-0.2, -0.15) is 0 Å². The molecule has 2 N–H and O–H groups in total. The molecule has 0 aromatic carbocycles. The van der Waals surface area contributed by atoms with Gasteiger partial charge in [-0.3, -0.25) is 28.9 Å². The van der Waals surface area contributed by atoms with Crippen LogP contribution in [0.3, 0.4) is 0 Å². The van der Waals surface area contributed by atoms with Crippen LogP contribution in [-0.4, -0.2) is 51.8 Å². The summed E-state index contributed by atoms with van der Waals surface area (Å²) in [7, 11) is 0. The minimum Gasteiger partial charge on any atom is -0.346 e. The van der Waals surface area contributed by atoms with E-state index in [9.17, 15) is 9.59 Å². The molecule has 4 aromatic rings. The zero-order chi connectivity index (χ0) is 23.6. The Morgan fingerprint density at radius 2 is 1.47 bits per heavy atom. The van der Waals surface area contributed by atoms with Gasteiger partial charge in [0.2, 0.25) is 0 Å². The molecule has 0 saturated heterocycles. The molecule has 0 aliphatic heterocycles. The lowest BCUT2D eigenvalue weighted by molar-refractivity contribution is 0.0937. The van der Waals surface area contributed by atoms with E-state index in [4.69, 9.17) is 0 Å². The van der Waals surface area contributed by atoms with Crippen molar-refractivity contribution in [1.29, 1.82) is 0 Å². The predicted molar refractivity (Wildman–Crippen MR) is 120 cm³/mol. The third-order valence-corrected chi connectivity index (χ3v) is 4.90. The summed E-state index contributed by atoms with van der Waals surface area (Å²) in [5.74, 6) is -0.583. The van der Waals surface area contributed by atoms with Crippen LogP contribution in [0.25, 0.3) is 0 Å². The van der Waals surface area contributed by atoms with E-state index in [-0.39, 0.29) is 23.2 Å². The quantitative estimate of drug-likeness (QED) is 0.315. The summed E-state index contributed by atoms with van der Waals surface area (Å²) in [5, 5.41) is 21.5. The minimum atomic E-state index is -0.297. The van der Waals surface area contributed by atoms with Gasteiger partial charge in [0, 0.05) is 38.2 Å². The number of nitrogens with one attached hydrogen (secondary N) is 2. The summed E-state index contributed by atoms with van der Waals surface area (Å²) >= 11 is 0. The Hall–Kier alpha value is -4.48. The first-order chi connectivity index (χ1) is 16.7. The van der Waals surface area contributed by atoms with Gasteiger partial charge >= 0.3 is 0 Å². The molecule has 0 atom stereocenters. The van der Waals surface area contributed by atoms with Gasteiger partial charge in [0.15, 0.2) is 11.4 Å². The van der Waals surface area contributed by atoms with E-state index in [2.05, 4.69) is 41.2 Å². The molecule has 12 nitrogen and oxygen atoms in total. The number of unbranched alkanes of at least 4 members (excludes halogenated alkanes) is 1. The zero-order valence-electron chi connectivity index (χ0n) is 18.4. The second-order valence-electron chi connectivity index (χ2n) is 7.49. The van der Waals surface area contributed by atoms with Crippen LogP contribution in [0.2, 0.25) is 0 Å². The van der Waals surface area contributed by atoms with Gasteiger partial charge in [0.05, 0.1) is 24.6 Å². The largest absolute Gasteiger partial charge is 0.346 e. The van der Waals surface area contributed by atoms with Gasteiger partial charge < -0.3 is 10.6 Å². The number of hydrogen-bond acceptors (Lipinski definition) is 8. The van der Waals surface area contributed by atoms with Crippen LogP contribution in [0.4, 0.5) is 0 Å². The van der Waals surface area contributed by atoms with Crippen molar-refractivity contribution in [2.75, 3.05) is 0 Å². The average molecular weight is 461 g/mol. The number of rotatable bonds is 11. The topological polar surface area (TPSA) is 145 Å². The molecule has 4 heterocycles. The Balaban J connectivity index is 1.16. The first kappa shape index (κ1) is 22.7. The summed E-state index contributed by atoms with van der Waals surface area (Å²) in [5.41, 5.74) is 2.20. The van der Waals surface area contributed by atoms with Crippen LogP contribution in [0.5, 0.6) is 0 Å². The fraction of sp³-hybridized carbons (Fsp3) is 0.273. The van der Waals surface area contributed by atoms with Crippen molar-refractivity contribution in [3.05, 3.63) is 84.0 Å². The van der Waals surface area contributed by atoms with Gasteiger partial charge in [-0.1, -0.05) is 22.6 Å². The summed E-state index contributed by atoms with van der Waals surface area (Å²) in [6, 6.07) is 9.22. The number of aromatic nitrogens is 8. The van der Waals surface area contributed by atoms with Gasteiger partial charge in [-0.25, -0.2) is 0 Å². The lowest BCUT2D eigenvalue weighted by atomic mass is 10.3. The van der Waals surface area contributed by atoms with Gasteiger partial charge in [-0.15, -0.1) is 10.2 Å². The number of carbonyl (C=O) groups is 2. The molecular weight excluding hydrogens is 436 g/mol. The van der Waals surface area contributed by atoms with Crippen molar-refractivity contribution >= 4 is 11.8 Å². The molecule has 0 spiro atoms. The second-order valence-corrected chi connectivity index (χ2v) is 7.49. The monoisotopic (exact) mass is 460 g/mol. The van der Waals surface area contributed by atoms with E-state index in [1.807, 2.05) is 30.3 Å². The van der Waals surface area contributed by atoms with Crippen molar-refractivity contribution in [1.82, 2.24) is 50.6 Å². The van der Waals surface area contributed by atoms with Gasteiger partial charge in [-0.05, 0) is 36.6 Å². The molecule has 0 saturated carbocycles. The molecule has 34 heavy (non-hydrogen) atoms. The van der Waals surface area contributed by atoms with Crippen LogP contribution >= 0.6 is 0 Å². The molecule has 174 valence electrons. The molecular formula is C22H24N10O2. The maximum Gasteiger partial charge on any atom is 0.273 e. The fourth-order valence-corrected chi connectivity index (χ4v) is 3.11. The van der Waals surface area contributed by atoms with Crippen LogP contribution in [-0.2, 0) is 26.2 Å². The van der Waals surface area contributed by atoms with Crippen LogP contribution in [0.15, 0.2) is 61.3 Å². The summed E-state index contributed by atoms with van der Waals surface area (Å²) in [6.07, 6.45) is 9.88. The SMILES string of the molecule is O=C(NCc1cccnc1)c1cn(CCCCn2cc(C(=O)NCc3ccccn3)nn2)nn1. The highest BCUT2D eigenvalue weighted by molar-refractivity contribution is 5.92. The zero-order valence-corrected chi connectivity index (χ0v) is 18.4. The molecule has 0 aliphatic carbocycles. The highest BCUT2D eigenvalue weighted by atomic mass is 16.2. The van der Waals surface area contributed by atoms with Crippen molar-refractivity contribution in [3.8, 4) is 0 Å². The van der Waals surface area contributed by atoms with E-state index < -0.39 is 0 Å². The first-order valence-corrected chi connectivity index (χ1v) is 10.8. The highest BCUT2D eigenvalue weighted by Gasteiger charge is 2.12. The average Bonchev–Trinajstić information content (AvgIpc) is 3.55. The molecule has 4 rings (SSSR count). The minimum absolute atomic E-state index is 0.258. The van der Waals surface area contributed by atoms with Crippen LogP contribution in [0.1, 0.15) is 45.1 Å². The lowest BCUT2D eigenvalue weighted by Gasteiger charge is -2.02. The number of carbonyl (C=O) groups excluding carboxylic acids is 2. The Bertz CT molecular complexity index is 1110. The summed E-state index contributed by atoms with van der Waals surface area (Å²) in [6.45, 7) is 1.91. The molecule has 12 heteroatoms. The number of aryl methyl sites for hydroxylation is 2. The Labute approximate surface area is 195 Å². The van der Waals surface area contributed by atoms with Gasteiger partial charge in [0.25, 0.3) is 11.8 Å². The normalized spacial score (nSPS) is 10.7. The molecule has 2 amide bonds. The van der Waals surface area contributed by atoms with Crippen LogP contribution < -0.4 is 10.6 Å². The highest BCUT2D eigenvalue weighted by Crippen LogP contribution is 2.02. The van der Waals surface area contributed by atoms with Crippen LogP contribution in [0, 0.1) is 0 Å². The number of amides is 2. The maximum absolute atomic E-state index is 12.2. The Kier molecular flexibility index (Phi) is 7.62. The lowest BCUT2D eigenvalue weighted by Crippen LogP contribution is -2.23. The summed E-state index contributed by atoms with van der Waals surface area (Å²) < 4.78 is 3.27. The van der Waals surface area contributed by atoms with Crippen molar-refractivity contribution in [2.24, 2.45) is 0 Å². The van der Waals surface area contributed by atoms with Crippen molar-refractivity contribution in [3.63, 3.8) is 0 Å². The number of nitrogens with zero attached hydrogens (tertiary/aromatic N) is 8. The van der Waals surface area contributed by atoms with E-state index in [0.717, 1.165) is 24.1 Å². The Morgan fingerprint density at radius 3 is 2.06 bits per heavy atom. The van der Waals surface area contributed by atoms with Crippen molar-refractivity contribution in [2.45, 2.75) is 39.0 Å². The third kappa shape index (κ3) is 6.51. The first-order valence-electron chi connectivity index (χ1n) is 10.8. The second kappa shape index (κ2) is 11.4. The molecule has 0 bridgehead atoms. The molecule has 0 unspecified atom stereocenters. The van der Waals surface area contributed by atoms with Crippen molar-refractivity contribution < 1.29 is 9.59 Å². The van der Waals surface area contributed by atoms with E-state index in [1.165, 1.54) is 0 Å². The van der Waals surface area contributed by atoms with E-state index in [1.54, 1.807) is 40.3 Å². The molecule has 0 radical (unpaired) electrons. The standard InChI is InChI=1S/C22H24N10O2/c33-21(25-13-17-6-5-8-23-12-17)19-15-31(29-27-19)10-3-4-11-32-16-20(28-30-32)22(34)26-14-18-7-1-2-9-24-18/h1-2,5-9,12,15-16H,3-4,10-11,13-14H2,(H,25,33)(H,26,34). The van der Waals surface area contributed by atoms with E-state index >= 15 is 0 Å². The van der Waals surface area contributed by atoms with Gasteiger partial charge in [0.1, 0.15) is 0 Å². The van der Waals surface area contributed by atoms with E-state index in [0.29, 0.717) is 26.2 Å². The maximum atomic E-state index is 12.2. The Morgan fingerprint density at radius 1 is 0.794 bits per heavy atom. The number of hydrogen-bond donors (Lipinski definition) is 2. The molecule has 0 fully saturated rings. The summed E-state index contributed by atoms with van der Waals surface area (Å²) in [4.78, 5) is 32.6.